The summed E-state index contributed by atoms with van der Waals surface area (Å²) in [4.78, 5) is 12.4. The third kappa shape index (κ3) is 2.50. The van der Waals surface area contributed by atoms with E-state index < -0.39 is 5.97 Å². The summed E-state index contributed by atoms with van der Waals surface area (Å²) in [5, 5.41) is 14.9. The molecule has 2 aromatic carbocycles. The Kier molecular flexibility index (Phi) is 4.24. The Bertz CT molecular complexity index is 1220. The SMILES string of the molecule is CCOC(=O)c1nn2cc(-c3ccc(C#N)cc3)c3c(OC)cc(OC)c1c32. The van der Waals surface area contributed by atoms with Crippen LogP contribution >= 0.6 is 0 Å². The second-order valence-electron chi connectivity index (χ2n) is 6.13. The van der Waals surface area contributed by atoms with Gasteiger partial charge in [-0.15, -0.1) is 0 Å². The maximum absolute atomic E-state index is 12.4. The summed E-state index contributed by atoms with van der Waals surface area (Å²) >= 11 is 0. The van der Waals surface area contributed by atoms with E-state index in [2.05, 4.69) is 11.2 Å². The van der Waals surface area contributed by atoms with Crippen LogP contribution in [0.25, 0.3) is 27.4 Å². The smallest absolute Gasteiger partial charge is 0.359 e. The molecule has 4 rings (SSSR count). The van der Waals surface area contributed by atoms with Gasteiger partial charge in [-0.05, 0) is 24.6 Å². The molecular weight excluding hydrogens is 358 g/mol. The molecule has 4 aromatic rings. The fourth-order valence-corrected chi connectivity index (χ4v) is 3.44. The number of methoxy groups -OCH3 is 2. The van der Waals surface area contributed by atoms with Crippen LogP contribution in [0.2, 0.25) is 0 Å². The highest BCUT2D eigenvalue weighted by atomic mass is 16.5. The van der Waals surface area contributed by atoms with Crippen molar-refractivity contribution in [3.05, 3.63) is 47.8 Å². The Balaban J connectivity index is 2.05. The normalized spacial score (nSPS) is 10.9. The number of nitrogens with zero attached hydrogens (tertiary/aromatic N) is 3. The lowest BCUT2D eigenvalue weighted by molar-refractivity contribution is 0.0521. The molecule has 0 aliphatic rings. The molecule has 0 spiro atoms. The van der Waals surface area contributed by atoms with E-state index in [0.29, 0.717) is 22.4 Å². The Labute approximate surface area is 161 Å². The highest BCUT2D eigenvalue weighted by Gasteiger charge is 2.27. The zero-order valence-electron chi connectivity index (χ0n) is 15.6. The number of nitriles is 1. The van der Waals surface area contributed by atoms with Gasteiger partial charge in [-0.2, -0.15) is 10.4 Å². The summed E-state index contributed by atoms with van der Waals surface area (Å²) in [5.41, 5.74) is 3.29. The maximum atomic E-state index is 12.4. The third-order valence-corrected chi connectivity index (χ3v) is 4.66. The predicted octanol–water partition coefficient (Wildman–Crippen LogP) is 3.66. The lowest BCUT2D eigenvalue weighted by Crippen LogP contribution is -2.06. The van der Waals surface area contributed by atoms with Crippen molar-refractivity contribution in [1.82, 2.24) is 9.61 Å². The van der Waals surface area contributed by atoms with Crippen molar-refractivity contribution < 1.29 is 19.0 Å². The molecule has 2 heterocycles. The van der Waals surface area contributed by atoms with Crippen molar-refractivity contribution in [1.29, 1.82) is 5.26 Å². The average molecular weight is 375 g/mol. The first-order valence-electron chi connectivity index (χ1n) is 8.70. The first-order valence-corrected chi connectivity index (χ1v) is 8.70. The summed E-state index contributed by atoms with van der Waals surface area (Å²) < 4.78 is 17.9. The first-order chi connectivity index (χ1) is 13.6. The van der Waals surface area contributed by atoms with E-state index in [-0.39, 0.29) is 12.3 Å². The van der Waals surface area contributed by atoms with Crippen molar-refractivity contribution in [2.45, 2.75) is 6.92 Å². The van der Waals surface area contributed by atoms with Crippen molar-refractivity contribution in [2.75, 3.05) is 20.8 Å². The van der Waals surface area contributed by atoms with E-state index >= 15 is 0 Å². The van der Waals surface area contributed by atoms with E-state index in [9.17, 15) is 4.79 Å². The molecule has 7 nitrogen and oxygen atoms in total. The predicted molar refractivity (Wildman–Crippen MR) is 103 cm³/mol. The number of esters is 1. The number of carbonyl (C=O) groups is 1. The highest BCUT2D eigenvalue weighted by Crippen LogP contribution is 2.44. The Morgan fingerprint density at radius 3 is 2.43 bits per heavy atom. The van der Waals surface area contributed by atoms with Crippen LogP contribution in [0.1, 0.15) is 23.0 Å². The lowest BCUT2D eigenvalue weighted by atomic mass is 10.0. The molecule has 28 heavy (non-hydrogen) atoms. The fraction of sp³-hybridized carbons (Fsp3) is 0.190. The van der Waals surface area contributed by atoms with Crippen LogP contribution in [0.15, 0.2) is 36.5 Å². The number of hydrogen-bond donors (Lipinski definition) is 0. The molecule has 0 atom stereocenters. The lowest BCUT2D eigenvalue weighted by Gasteiger charge is -2.10. The number of rotatable bonds is 5. The summed E-state index contributed by atoms with van der Waals surface area (Å²) in [6, 6.07) is 11.1. The summed E-state index contributed by atoms with van der Waals surface area (Å²) in [6.45, 7) is 2.00. The van der Waals surface area contributed by atoms with E-state index in [1.807, 2.05) is 18.3 Å². The van der Waals surface area contributed by atoms with Gasteiger partial charge in [0.1, 0.15) is 11.5 Å². The van der Waals surface area contributed by atoms with E-state index in [1.54, 1.807) is 36.7 Å². The molecule has 0 aliphatic heterocycles. The van der Waals surface area contributed by atoms with Gasteiger partial charge >= 0.3 is 5.97 Å². The molecule has 0 saturated heterocycles. The van der Waals surface area contributed by atoms with Crippen LogP contribution < -0.4 is 9.47 Å². The quantitative estimate of drug-likeness (QED) is 0.495. The molecule has 2 aromatic heterocycles. The Hall–Kier alpha value is -3.79. The van der Waals surface area contributed by atoms with Crippen molar-refractivity contribution in [3.8, 4) is 28.7 Å². The van der Waals surface area contributed by atoms with Crippen LogP contribution in [-0.4, -0.2) is 36.4 Å². The van der Waals surface area contributed by atoms with Gasteiger partial charge in [-0.3, -0.25) is 0 Å². The van der Waals surface area contributed by atoms with Gasteiger partial charge in [0.15, 0.2) is 5.69 Å². The van der Waals surface area contributed by atoms with Gasteiger partial charge in [0.25, 0.3) is 0 Å². The van der Waals surface area contributed by atoms with E-state index in [1.165, 1.54) is 7.11 Å². The largest absolute Gasteiger partial charge is 0.496 e. The average Bonchev–Trinajstić information content (AvgIpc) is 3.29. The number of hydrogen-bond acceptors (Lipinski definition) is 6. The number of ether oxygens (including phenoxy) is 3. The van der Waals surface area contributed by atoms with Crippen molar-refractivity contribution in [3.63, 3.8) is 0 Å². The second kappa shape index (κ2) is 6.74. The zero-order valence-corrected chi connectivity index (χ0v) is 15.6. The van der Waals surface area contributed by atoms with Crippen LogP contribution in [0.3, 0.4) is 0 Å². The van der Waals surface area contributed by atoms with E-state index in [4.69, 9.17) is 19.5 Å². The number of benzene rings is 2. The minimum Gasteiger partial charge on any atom is -0.496 e. The number of aromatic nitrogens is 2. The van der Waals surface area contributed by atoms with Gasteiger partial charge in [0, 0.05) is 17.8 Å². The molecule has 0 unspecified atom stereocenters. The molecule has 140 valence electrons. The molecule has 0 saturated carbocycles. The zero-order chi connectivity index (χ0) is 19.8. The standard InChI is InChI=1S/C21H17N3O4/c1-4-28-21(25)19-18-16(27-3)9-15(26-2)17-14(11-24(23-19)20(17)18)13-7-5-12(10-22)6-8-13/h5-9,11H,4H2,1-3H3. The minimum absolute atomic E-state index is 0.202. The number of carbonyl (C=O) groups excluding carboxylic acids is 1. The topological polar surface area (TPSA) is 85.8 Å². The van der Waals surface area contributed by atoms with Crippen LogP contribution in [0, 0.1) is 11.3 Å². The van der Waals surface area contributed by atoms with Crippen molar-refractivity contribution >= 4 is 22.3 Å². The van der Waals surface area contributed by atoms with Gasteiger partial charge in [0.2, 0.25) is 0 Å². The fourth-order valence-electron chi connectivity index (χ4n) is 3.44. The van der Waals surface area contributed by atoms with Gasteiger partial charge in [-0.25, -0.2) is 9.31 Å². The Morgan fingerprint density at radius 2 is 1.82 bits per heavy atom. The van der Waals surface area contributed by atoms with Crippen LogP contribution in [-0.2, 0) is 4.74 Å². The molecular formula is C21H17N3O4. The molecule has 0 fully saturated rings. The van der Waals surface area contributed by atoms with E-state index in [0.717, 1.165) is 22.0 Å². The van der Waals surface area contributed by atoms with Crippen LogP contribution in [0.5, 0.6) is 11.5 Å². The summed E-state index contributed by atoms with van der Waals surface area (Å²) in [5.74, 6) is 0.587. The monoisotopic (exact) mass is 375 g/mol. The van der Waals surface area contributed by atoms with Crippen molar-refractivity contribution in [2.24, 2.45) is 0 Å². The van der Waals surface area contributed by atoms with Crippen LogP contribution in [0.4, 0.5) is 0 Å². The molecule has 0 radical (unpaired) electrons. The molecule has 0 N–H and O–H groups in total. The third-order valence-electron chi connectivity index (χ3n) is 4.66. The van der Waals surface area contributed by atoms with Gasteiger partial charge in [0.05, 0.1) is 48.7 Å². The first kappa shape index (κ1) is 17.6. The minimum atomic E-state index is -0.504. The molecule has 0 bridgehead atoms. The Morgan fingerprint density at radius 1 is 1.14 bits per heavy atom. The summed E-state index contributed by atoms with van der Waals surface area (Å²) in [7, 11) is 3.12. The highest BCUT2D eigenvalue weighted by molar-refractivity contribution is 6.16. The molecule has 0 amide bonds. The van der Waals surface area contributed by atoms with Gasteiger partial charge in [-0.1, -0.05) is 12.1 Å². The maximum Gasteiger partial charge on any atom is 0.359 e. The van der Waals surface area contributed by atoms with Gasteiger partial charge < -0.3 is 14.2 Å². The molecule has 0 aliphatic carbocycles. The summed E-state index contributed by atoms with van der Waals surface area (Å²) in [6.07, 6.45) is 1.84. The molecule has 7 heteroatoms. The second-order valence-corrected chi connectivity index (χ2v) is 6.13.